The fourth-order valence-corrected chi connectivity index (χ4v) is 0. The van der Waals surface area contributed by atoms with Gasteiger partial charge in [0, 0.05) is 0 Å². The van der Waals surface area contributed by atoms with Crippen molar-refractivity contribution in [1.29, 1.82) is 0 Å². The van der Waals surface area contributed by atoms with Crippen molar-refractivity contribution in [2.24, 2.45) is 0 Å². The molecular formula is H2BFS6. The second-order valence-corrected chi connectivity index (χ2v) is 17.0. The maximum atomic E-state index is 12.4. The molecule has 0 nitrogen and oxygen atoms in total. The molecule has 0 radical (unpaired) electrons. The van der Waals surface area contributed by atoms with E-state index >= 15 is 0 Å². The second-order valence-electron chi connectivity index (χ2n) is 0.967. The molecule has 0 fully saturated rings. The molecule has 0 spiro atoms. The summed E-state index contributed by atoms with van der Waals surface area (Å²) in [4.78, 5) is 0. The van der Waals surface area contributed by atoms with Crippen molar-refractivity contribution in [3.05, 3.63) is 0 Å². The van der Waals surface area contributed by atoms with E-state index < -0.39 is 12.6 Å². The first-order valence-corrected chi connectivity index (χ1v) is 8.97. The van der Waals surface area contributed by atoms with Gasteiger partial charge in [0.1, 0.15) is 0 Å². The number of thiol groups is 1. The predicted octanol–water partition coefficient (Wildman–Crippen LogP) is 0.140. The predicted molar refractivity (Wildman–Crippen MR) is 54.1 cm³/mol. The van der Waals surface area contributed by atoms with Crippen molar-refractivity contribution in [1.82, 2.24) is 0 Å². The third-order valence-electron chi connectivity index (χ3n) is 0.315. The van der Waals surface area contributed by atoms with Crippen LogP contribution in [0.4, 0.5) is 3.89 Å². The summed E-state index contributed by atoms with van der Waals surface area (Å²) in [6, 6.07) is 0. The Labute approximate surface area is 68.0 Å². The van der Waals surface area contributed by atoms with E-state index in [4.69, 9.17) is 0 Å². The van der Waals surface area contributed by atoms with Gasteiger partial charge in [-0.3, -0.25) is 0 Å². The van der Waals surface area contributed by atoms with Gasteiger partial charge in [-0.15, -0.1) is 0 Å². The molecule has 8 heavy (non-hydrogen) atoms. The topological polar surface area (TPSA) is 0 Å². The summed E-state index contributed by atoms with van der Waals surface area (Å²) in [5, 5.41) is -2.36. The first-order chi connectivity index (χ1) is 3.25. The van der Waals surface area contributed by atoms with Crippen LogP contribution in [0.1, 0.15) is 0 Å². The van der Waals surface area contributed by atoms with E-state index in [1.807, 2.05) is 0 Å². The molecule has 0 heterocycles. The molecule has 8 heteroatoms. The van der Waals surface area contributed by atoms with Crippen LogP contribution < -0.4 is 0 Å². The van der Waals surface area contributed by atoms with E-state index in [1.165, 1.54) is 0 Å². The van der Waals surface area contributed by atoms with Crippen molar-refractivity contribution in [3.8, 4) is 0 Å². The third kappa shape index (κ3) is 3.02. The molecule has 0 aliphatic heterocycles. The number of halogens is 1. The first kappa shape index (κ1) is 9.70. The molecule has 0 aromatic heterocycles. The Hall–Kier alpha value is 1.70. The van der Waals surface area contributed by atoms with Crippen LogP contribution in [-0.4, -0.2) is 6.72 Å². The molecule has 0 saturated heterocycles. The number of hydrogen-bond acceptors (Lipinski definition) is 3. The van der Waals surface area contributed by atoms with Crippen LogP contribution in [0.2, 0.25) is 0 Å². The summed E-state index contributed by atoms with van der Waals surface area (Å²) >= 11 is 16.9. The Balaban J connectivity index is 5.18. The molecule has 0 N–H and O–H groups in total. The summed E-state index contributed by atoms with van der Waals surface area (Å²) in [5.74, 6) is 0. The normalized spacial score (nSPS) is 19.6. The standard InChI is InChI=1S/BFH2S6/c1-7(2,3)8(4,5)6/h1H,(H,4,5,6). The van der Waals surface area contributed by atoms with Crippen molar-refractivity contribution in [2.75, 3.05) is 0 Å². The van der Waals surface area contributed by atoms with Crippen molar-refractivity contribution in [3.63, 3.8) is 0 Å². The van der Waals surface area contributed by atoms with E-state index in [0.717, 1.165) is 0 Å². The van der Waals surface area contributed by atoms with Gasteiger partial charge in [-0.25, -0.2) is 0 Å². The molecule has 0 rings (SSSR count). The summed E-state index contributed by atoms with van der Waals surface area (Å²) < 4.78 is 12.4. The molecule has 1 unspecified atom stereocenters. The summed E-state index contributed by atoms with van der Waals surface area (Å²) in [6.45, 7) is 3.03. The van der Waals surface area contributed by atoms with Crippen LogP contribution in [0, 0.1) is 0 Å². The number of rotatable bonds is 1. The molecule has 0 saturated carbocycles. The van der Waals surface area contributed by atoms with Gasteiger partial charge in [0.2, 0.25) is 0 Å². The minimum absolute atomic E-state index is 2.36. The van der Waals surface area contributed by atoms with Gasteiger partial charge in [-0.1, -0.05) is 0 Å². The molecule has 0 aromatic carbocycles. The van der Waals surface area contributed by atoms with Crippen molar-refractivity contribution < 1.29 is 3.89 Å². The summed E-state index contributed by atoms with van der Waals surface area (Å²) in [5.41, 5.74) is 0. The zero-order valence-corrected chi connectivity index (χ0v) is 8.55. The monoisotopic (exact) mass is 224 g/mol. The zero-order chi connectivity index (χ0) is 7.00. The molecule has 0 bridgehead atoms. The molecule has 48 valence electrons. The van der Waals surface area contributed by atoms with Crippen molar-refractivity contribution in [2.45, 2.75) is 0 Å². The molecule has 0 aromatic rings. The maximum absolute atomic E-state index is 12.4. The molecule has 0 amide bonds. The molecular weight excluding hydrogens is 222 g/mol. The van der Waals surface area contributed by atoms with Crippen molar-refractivity contribution >= 4 is 64.6 Å². The Morgan fingerprint density at radius 2 is 1.50 bits per heavy atom. The average Bonchev–Trinajstić information content (AvgIpc) is 1.25. The number of hydrogen-bond donors (Lipinski definition) is 1. The van der Waals surface area contributed by atoms with Crippen LogP contribution in [0.25, 0.3) is 0 Å². The van der Waals surface area contributed by atoms with Crippen LogP contribution >= 0.6 is 11.7 Å². The van der Waals surface area contributed by atoms with Gasteiger partial charge in [-0.2, -0.15) is 0 Å². The van der Waals surface area contributed by atoms with Gasteiger partial charge in [0.25, 0.3) is 0 Å². The first-order valence-electron chi connectivity index (χ1n) is 1.29. The summed E-state index contributed by atoms with van der Waals surface area (Å²) in [7, 11) is -2.93. The fourth-order valence-electron chi connectivity index (χ4n) is 0. The Bertz CT molecular complexity index is 221. The van der Waals surface area contributed by atoms with E-state index in [-0.39, 0.29) is 0 Å². The van der Waals surface area contributed by atoms with Gasteiger partial charge >= 0.3 is 68.5 Å². The fraction of sp³-hybridized carbons (Fsp3) is 0. The van der Waals surface area contributed by atoms with Gasteiger partial charge in [-0.05, 0) is 0 Å². The van der Waals surface area contributed by atoms with E-state index in [9.17, 15) is 3.89 Å². The summed E-state index contributed by atoms with van der Waals surface area (Å²) in [6.07, 6.45) is 0. The second kappa shape index (κ2) is 2.75. The SMILES string of the molecule is B=S(F)(=S)S(=S)(=S)S. The van der Waals surface area contributed by atoms with E-state index in [1.54, 1.807) is 0 Å². The Morgan fingerprint density at radius 1 is 1.38 bits per heavy atom. The van der Waals surface area contributed by atoms with Gasteiger partial charge < -0.3 is 0 Å². The van der Waals surface area contributed by atoms with Gasteiger partial charge in [0.15, 0.2) is 0 Å². The molecule has 1 atom stereocenters. The average molecular weight is 224 g/mol. The van der Waals surface area contributed by atoms with Crippen LogP contribution in [0.5, 0.6) is 0 Å². The van der Waals surface area contributed by atoms with E-state index in [0.29, 0.717) is 0 Å². The van der Waals surface area contributed by atoms with E-state index in [2.05, 4.69) is 51.9 Å². The molecule has 0 aliphatic carbocycles. The minimum atomic E-state index is -2.93. The third-order valence-corrected chi connectivity index (χ3v) is 13.1. The van der Waals surface area contributed by atoms with Crippen LogP contribution in [-0.2, 0) is 46.2 Å². The zero-order valence-electron chi connectivity index (χ0n) is 3.57. The Morgan fingerprint density at radius 3 is 1.50 bits per heavy atom. The van der Waals surface area contributed by atoms with Gasteiger partial charge in [0.05, 0.1) is 0 Å². The molecule has 0 aliphatic rings. The van der Waals surface area contributed by atoms with Crippen LogP contribution in [0.3, 0.4) is 0 Å². The van der Waals surface area contributed by atoms with Crippen LogP contribution in [0.15, 0.2) is 0 Å². The Kier molecular flexibility index (Phi) is 3.34. The quantitative estimate of drug-likeness (QED) is 0.291.